The van der Waals surface area contributed by atoms with Crippen molar-refractivity contribution in [3.05, 3.63) is 0 Å². The van der Waals surface area contributed by atoms with Crippen LogP contribution in [0.15, 0.2) is 0 Å². The van der Waals surface area contributed by atoms with Gasteiger partial charge in [0.05, 0.1) is 0 Å². The third kappa shape index (κ3) is 4.87. The molecule has 18 heavy (non-hydrogen) atoms. The standard InChI is InChI=1S/C15H30N2O/c1-18-13-14-7-10-17(11-8-14)12-9-16-15-5-3-2-4-6-15/h14-16H,2-13H2,1H3. The molecule has 0 aromatic rings. The first-order valence-electron chi connectivity index (χ1n) is 7.83. The molecule has 2 fully saturated rings. The summed E-state index contributed by atoms with van der Waals surface area (Å²) in [5.41, 5.74) is 0. The molecule has 0 spiro atoms. The molecule has 0 bridgehead atoms. The molecule has 2 aliphatic rings. The lowest BCUT2D eigenvalue weighted by atomic mass is 9.95. The first kappa shape index (κ1) is 14.3. The Morgan fingerprint density at radius 3 is 2.44 bits per heavy atom. The summed E-state index contributed by atoms with van der Waals surface area (Å²) in [7, 11) is 1.82. The molecule has 1 aliphatic carbocycles. The van der Waals surface area contributed by atoms with E-state index in [1.807, 2.05) is 7.11 Å². The molecule has 1 saturated carbocycles. The molecule has 1 saturated heterocycles. The lowest BCUT2D eigenvalue weighted by molar-refractivity contribution is 0.0993. The highest BCUT2D eigenvalue weighted by Gasteiger charge is 2.19. The number of methoxy groups -OCH3 is 1. The van der Waals surface area contributed by atoms with Gasteiger partial charge in [0, 0.05) is 32.8 Å². The fraction of sp³-hybridized carbons (Fsp3) is 1.00. The molecular weight excluding hydrogens is 224 g/mol. The normalized spacial score (nSPS) is 24.5. The number of rotatable bonds is 6. The van der Waals surface area contributed by atoms with E-state index in [0.717, 1.165) is 18.6 Å². The second kappa shape index (κ2) is 8.13. The summed E-state index contributed by atoms with van der Waals surface area (Å²) >= 11 is 0. The van der Waals surface area contributed by atoms with Crippen molar-refractivity contribution in [1.29, 1.82) is 0 Å². The van der Waals surface area contributed by atoms with E-state index in [-0.39, 0.29) is 0 Å². The molecule has 3 nitrogen and oxygen atoms in total. The molecule has 1 aliphatic heterocycles. The van der Waals surface area contributed by atoms with Crippen LogP contribution in [0.1, 0.15) is 44.9 Å². The highest BCUT2D eigenvalue weighted by molar-refractivity contribution is 4.75. The van der Waals surface area contributed by atoms with Crippen LogP contribution in [-0.4, -0.2) is 50.8 Å². The molecule has 2 rings (SSSR count). The van der Waals surface area contributed by atoms with E-state index >= 15 is 0 Å². The highest BCUT2D eigenvalue weighted by Crippen LogP contribution is 2.18. The number of ether oxygens (including phenoxy) is 1. The van der Waals surface area contributed by atoms with Gasteiger partial charge in [-0.25, -0.2) is 0 Å². The molecule has 1 heterocycles. The Bertz CT molecular complexity index is 209. The van der Waals surface area contributed by atoms with Gasteiger partial charge in [0.1, 0.15) is 0 Å². The lowest BCUT2D eigenvalue weighted by Crippen LogP contribution is -2.41. The number of nitrogens with one attached hydrogen (secondary N) is 1. The van der Waals surface area contributed by atoms with E-state index < -0.39 is 0 Å². The smallest absolute Gasteiger partial charge is 0.0491 e. The van der Waals surface area contributed by atoms with Crippen molar-refractivity contribution in [2.24, 2.45) is 5.92 Å². The van der Waals surface area contributed by atoms with Gasteiger partial charge in [-0.3, -0.25) is 0 Å². The Kier molecular flexibility index (Phi) is 6.46. The zero-order valence-electron chi connectivity index (χ0n) is 12.0. The van der Waals surface area contributed by atoms with Gasteiger partial charge in [0.2, 0.25) is 0 Å². The van der Waals surface area contributed by atoms with Crippen LogP contribution in [0.5, 0.6) is 0 Å². The van der Waals surface area contributed by atoms with Crippen LogP contribution in [0, 0.1) is 5.92 Å². The third-order valence-electron chi connectivity index (χ3n) is 4.58. The van der Waals surface area contributed by atoms with E-state index in [1.54, 1.807) is 0 Å². The summed E-state index contributed by atoms with van der Waals surface area (Å²) in [5.74, 6) is 0.803. The van der Waals surface area contributed by atoms with Gasteiger partial charge in [-0.2, -0.15) is 0 Å². The van der Waals surface area contributed by atoms with Gasteiger partial charge in [-0.05, 0) is 44.7 Å². The predicted octanol–water partition coefficient (Wildman–Crippen LogP) is 2.27. The zero-order chi connectivity index (χ0) is 12.6. The summed E-state index contributed by atoms with van der Waals surface area (Å²) in [5, 5.41) is 3.74. The summed E-state index contributed by atoms with van der Waals surface area (Å²) in [6.07, 6.45) is 9.74. The number of hydrogen-bond acceptors (Lipinski definition) is 3. The molecule has 3 heteroatoms. The van der Waals surface area contributed by atoms with Crippen LogP contribution in [0.2, 0.25) is 0 Å². The van der Waals surface area contributed by atoms with Crippen LogP contribution < -0.4 is 5.32 Å². The van der Waals surface area contributed by atoms with Crippen molar-refractivity contribution >= 4 is 0 Å². The number of nitrogens with zero attached hydrogens (tertiary/aromatic N) is 1. The second-order valence-electron chi connectivity index (χ2n) is 6.03. The molecule has 0 unspecified atom stereocenters. The first-order valence-corrected chi connectivity index (χ1v) is 7.83. The average molecular weight is 254 g/mol. The molecule has 0 amide bonds. The van der Waals surface area contributed by atoms with Crippen LogP contribution in [-0.2, 0) is 4.74 Å². The SMILES string of the molecule is COCC1CCN(CCNC2CCCCC2)CC1. The van der Waals surface area contributed by atoms with E-state index in [0.29, 0.717) is 0 Å². The Morgan fingerprint density at radius 2 is 1.78 bits per heavy atom. The molecule has 0 atom stereocenters. The third-order valence-corrected chi connectivity index (χ3v) is 4.58. The van der Waals surface area contributed by atoms with Gasteiger partial charge in [-0.15, -0.1) is 0 Å². The molecule has 0 aromatic carbocycles. The molecule has 1 N–H and O–H groups in total. The maximum atomic E-state index is 5.25. The van der Waals surface area contributed by atoms with E-state index in [2.05, 4.69) is 10.2 Å². The molecule has 106 valence electrons. The Hall–Kier alpha value is -0.120. The average Bonchev–Trinajstić information content (AvgIpc) is 2.42. The summed E-state index contributed by atoms with van der Waals surface area (Å²) in [6, 6.07) is 0.810. The molecular formula is C15H30N2O. The van der Waals surface area contributed by atoms with Crippen molar-refractivity contribution in [3.8, 4) is 0 Å². The van der Waals surface area contributed by atoms with Crippen molar-refractivity contribution in [2.75, 3.05) is 39.9 Å². The van der Waals surface area contributed by atoms with E-state index in [4.69, 9.17) is 4.74 Å². The lowest BCUT2D eigenvalue weighted by Gasteiger charge is -2.32. The Balaban J connectivity index is 1.52. The van der Waals surface area contributed by atoms with Crippen molar-refractivity contribution < 1.29 is 4.74 Å². The molecule has 0 radical (unpaired) electrons. The quantitative estimate of drug-likeness (QED) is 0.787. The number of piperidine rings is 1. The van der Waals surface area contributed by atoms with E-state index in [9.17, 15) is 0 Å². The van der Waals surface area contributed by atoms with Crippen molar-refractivity contribution in [2.45, 2.75) is 51.0 Å². The van der Waals surface area contributed by atoms with Crippen molar-refractivity contribution in [1.82, 2.24) is 10.2 Å². The summed E-state index contributed by atoms with van der Waals surface area (Å²) in [4.78, 5) is 2.61. The van der Waals surface area contributed by atoms with Gasteiger partial charge < -0.3 is 15.0 Å². The minimum Gasteiger partial charge on any atom is -0.384 e. The van der Waals surface area contributed by atoms with Gasteiger partial charge in [0.25, 0.3) is 0 Å². The largest absolute Gasteiger partial charge is 0.384 e. The maximum absolute atomic E-state index is 5.25. The Labute approximate surface area is 112 Å². The fourth-order valence-corrected chi connectivity index (χ4v) is 3.35. The number of hydrogen-bond donors (Lipinski definition) is 1. The van der Waals surface area contributed by atoms with Crippen LogP contribution in [0.3, 0.4) is 0 Å². The van der Waals surface area contributed by atoms with Crippen LogP contribution in [0.4, 0.5) is 0 Å². The molecule has 0 aromatic heterocycles. The van der Waals surface area contributed by atoms with Gasteiger partial charge >= 0.3 is 0 Å². The topological polar surface area (TPSA) is 24.5 Å². The number of likely N-dealkylation sites (tertiary alicyclic amines) is 1. The fourth-order valence-electron chi connectivity index (χ4n) is 3.35. The van der Waals surface area contributed by atoms with Crippen molar-refractivity contribution in [3.63, 3.8) is 0 Å². The first-order chi connectivity index (χ1) is 8.88. The summed E-state index contributed by atoms with van der Waals surface area (Å²) in [6.45, 7) is 5.89. The van der Waals surface area contributed by atoms with Crippen LogP contribution in [0.25, 0.3) is 0 Å². The van der Waals surface area contributed by atoms with Gasteiger partial charge in [0.15, 0.2) is 0 Å². The van der Waals surface area contributed by atoms with E-state index in [1.165, 1.54) is 71.1 Å². The Morgan fingerprint density at radius 1 is 1.06 bits per heavy atom. The zero-order valence-corrected chi connectivity index (χ0v) is 12.0. The maximum Gasteiger partial charge on any atom is 0.0491 e. The highest BCUT2D eigenvalue weighted by atomic mass is 16.5. The minimum absolute atomic E-state index is 0.803. The minimum atomic E-state index is 0.803. The van der Waals surface area contributed by atoms with Gasteiger partial charge in [-0.1, -0.05) is 19.3 Å². The summed E-state index contributed by atoms with van der Waals surface area (Å²) < 4.78 is 5.25. The van der Waals surface area contributed by atoms with Crippen LogP contribution >= 0.6 is 0 Å². The second-order valence-corrected chi connectivity index (χ2v) is 6.03. The predicted molar refractivity (Wildman–Crippen MR) is 75.9 cm³/mol. The monoisotopic (exact) mass is 254 g/mol.